The predicted molar refractivity (Wildman–Crippen MR) is 253 cm³/mol. The van der Waals surface area contributed by atoms with Gasteiger partial charge in [0, 0.05) is 43.2 Å². The summed E-state index contributed by atoms with van der Waals surface area (Å²) >= 11 is 0. The first-order valence-electron chi connectivity index (χ1n) is 22.1. The molecule has 5 amide bonds. The van der Waals surface area contributed by atoms with E-state index in [9.17, 15) is 29.2 Å². The third-order valence-corrected chi connectivity index (χ3v) is 11.3. The number of aromatic nitrogens is 1. The second-order valence-corrected chi connectivity index (χ2v) is 17.2. The summed E-state index contributed by atoms with van der Waals surface area (Å²) in [6.07, 6.45) is -0.0104. The lowest BCUT2D eigenvalue weighted by molar-refractivity contribution is -0.141. The van der Waals surface area contributed by atoms with Crippen LogP contribution in [0.5, 0.6) is 17.2 Å². The Balaban J connectivity index is 1.58. The molecule has 0 radical (unpaired) electrons. The summed E-state index contributed by atoms with van der Waals surface area (Å²) in [6.45, 7) is 9.84. The molecule has 1 aliphatic heterocycles. The summed E-state index contributed by atoms with van der Waals surface area (Å²) in [7, 11) is 2.90. The second-order valence-electron chi connectivity index (χ2n) is 17.2. The van der Waals surface area contributed by atoms with Crippen LogP contribution < -0.4 is 52.7 Å². The van der Waals surface area contributed by atoms with Crippen molar-refractivity contribution in [3.8, 4) is 45.7 Å². The summed E-state index contributed by atoms with van der Waals surface area (Å²) in [4.78, 5) is 76.6. The maximum atomic E-state index is 14.8. The number of likely N-dealkylation sites (N-methyl/N-ethyl adjacent to an activating group) is 1. The zero-order valence-corrected chi connectivity index (χ0v) is 39.2. The molecular formula is C49H62N10O8. The highest BCUT2D eigenvalue weighted by molar-refractivity contribution is 6.00. The molecule has 67 heavy (non-hydrogen) atoms. The van der Waals surface area contributed by atoms with Crippen LogP contribution in [-0.2, 0) is 31.0 Å². The summed E-state index contributed by atoms with van der Waals surface area (Å²) in [6, 6.07) is 16.5. The topological polar surface area (TPSA) is 279 Å². The summed E-state index contributed by atoms with van der Waals surface area (Å²) in [5.74, 6) is -2.27. The van der Waals surface area contributed by atoms with Gasteiger partial charge in [0.25, 0.3) is 5.91 Å². The minimum Gasteiger partial charge on any atom is -0.494 e. The van der Waals surface area contributed by atoms with Crippen LogP contribution >= 0.6 is 0 Å². The molecule has 0 saturated carbocycles. The SMILES string of the molecule is COc1cc(C(=O)NC(CCN)C(=O)N(C)[C@@H]2C(=O)N[C@@H](C)C(=O)N[C@H](C(=O)NCC#N)Cc3ccc(OCCN)c(c3)-c3cc2ccc3OCCN)c(C)nc1-c1ccc(C(C)(C)C)cc1. The van der Waals surface area contributed by atoms with Gasteiger partial charge in [-0.05, 0) is 79.3 Å². The fourth-order valence-corrected chi connectivity index (χ4v) is 7.67. The number of methoxy groups -OCH3 is 1. The van der Waals surface area contributed by atoms with Gasteiger partial charge in [-0.2, -0.15) is 5.26 Å². The number of pyridine rings is 1. The van der Waals surface area contributed by atoms with Crippen LogP contribution in [0.4, 0.5) is 0 Å². The van der Waals surface area contributed by atoms with Crippen molar-refractivity contribution in [1.82, 2.24) is 31.2 Å². The van der Waals surface area contributed by atoms with Crippen LogP contribution in [0, 0.1) is 18.3 Å². The first kappa shape index (κ1) is 50.9. The van der Waals surface area contributed by atoms with Crippen LogP contribution in [-0.4, -0.2) is 111 Å². The Morgan fingerprint density at radius 3 is 2.13 bits per heavy atom. The fraction of sp³-hybridized carbons (Fsp3) is 0.408. The number of fused-ring (bicyclic) bond motifs is 5. The number of hydrogen-bond donors (Lipinski definition) is 7. The molecule has 1 aliphatic rings. The zero-order chi connectivity index (χ0) is 49.0. The zero-order valence-electron chi connectivity index (χ0n) is 39.2. The molecule has 1 aromatic heterocycles. The molecule has 0 fully saturated rings. The van der Waals surface area contributed by atoms with E-state index in [1.54, 1.807) is 49.4 Å². The quantitative estimate of drug-likeness (QED) is 0.0797. The Kier molecular flexibility index (Phi) is 17.4. The highest BCUT2D eigenvalue weighted by Crippen LogP contribution is 2.40. The normalized spacial score (nSPS) is 16.5. The predicted octanol–water partition coefficient (Wildman–Crippen LogP) is 2.54. The molecule has 356 valence electrons. The molecule has 18 heteroatoms. The van der Waals surface area contributed by atoms with Crippen LogP contribution in [0.15, 0.2) is 66.7 Å². The lowest BCUT2D eigenvalue weighted by Crippen LogP contribution is -2.56. The Morgan fingerprint density at radius 1 is 0.896 bits per heavy atom. The number of nitrogens with one attached hydrogen (secondary N) is 4. The van der Waals surface area contributed by atoms with Gasteiger partial charge >= 0.3 is 0 Å². The van der Waals surface area contributed by atoms with Gasteiger partial charge in [0.15, 0.2) is 0 Å². The molecule has 4 aromatic rings. The maximum Gasteiger partial charge on any atom is 0.253 e. The van der Waals surface area contributed by atoms with Crippen molar-refractivity contribution in [3.05, 3.63) is 94.7 Å². The van der Waals surface area contributed by atoms with Gasteiger partial charge in [-0.15, -0.1) is 0 Å². The van der Waals surface area contributed by atoms with E-state index in [1.165, 1.54) is 26.0 Å². The van der Waals surface area contributed by atoms with Crippen molar-refractivity contribution < 1.29 is 38.2 Å². The first-order valence-corrected chi connectivity index (χ1v) is 22.1. The number of carbonyl (C=O) groups excluding carboxylic acids is 5. The molecule has 1 unspecified atom stereocenters. The standard InChI is InChI=1S/C49H62N10O8/c1-28-34(27-41(65-7)42(55-28)31-9-12-33(13-10-31)49(3,4)5)45(61)57-37(16-17-50)48(64)59(6)43-32-11-15-40(67-23-20-53)36(26-32)35-24-30(8-14-39(35)66-22-19-52)25-38(46(62)54-21-18-51)58-44(60)29(2)56-47(43)63/h8-15,24,26-27,29,37-38,43H,16-17,19-23,25,50,52-53H2,1-7H3,(H,54,62)(H,56,63)(H,57,61)(H,58,60)/t29-,37?,38-,43-/m0/s1. The number of nitriles is 1. The third kappa shape index (κ3) is 12.4. The van der Waals surface area contributed by atoms with E-state index in [-0.39, 0.29) is 63.2 Å². The number of benzene rings is 3. The summed E-state index contributed by atoms with van der Waals surface area (Å²) in [5, 5.41) is 19.9. The van der Waals surface area contributed by atoms with Crippen molar-refractivity contribution in [2.24, 2.45) is 17.2 Å². The number of carbonyl (C=O) groups is 5. The van der Waals surface area contributed by atoms with Gasteiger partial charge in [0.2, 0.25) is 23.6 Å². The van der Waals surface area contributed by atoms with E-state index < -0.39 is 53.7 Å². The molecule has 2 heterocycles. The fourth-order valence-electron chi connectivity index (χ4n) is 7.67. The van der Waals surface area contributed by atoms with Crippen molar-refractivity contribution in [1.29, 1.82) is 5.26 Å². The third-order valence-electron chi connectivity index (χ3n) is 11.3. The van der Waals surface area contributed by atoms with Crippen LogP contribution in [0.2, 0.25) is 0 Å². The number of rotatable bonds is 16. The Bertz CT molecular complexity index is 2480. The Morgan fingerprint density at radius 2 is 1.54 bits per heavy atom. The highest BCUT2D eigenvalue weighted by atomic mass is 16.5. The number of hydrogen-bond acceptors (Lipinski definition) is 13. The number of nitrogens with zero attached hydrogens (tertiary/aromatic N) is 3. The lowest BCUT2D eigenvalue weighted by atomic mass is 9.86. The van der Waals surface area contributed by atoms with E-state index in [2.05, 4.69) is 42.0 Å². The van der Waals surface area contributed by atoms with E-state index in [0.29, 0.717) is 50.9 Å². The molecule has 0 saturated heterocycles. The average molecular weight is 919 g/mol. The summed E-state index contributed by atoms with van der Waals surface area (Å²) < 4.78 is 17.9. The lowest BCUT2D eigenvalue weighted by Gasteiger charge is -2.32. The molecule has 5 rings (SSSR count). The first-order chi connectivity index (χ1) is 31.9. The monoisotopic (exact) mass is 918 g/mol. The molecule has 10 N–H and O–H groups in total. The van der Waals surface area contributed by atoms with Gasteiger partial charge in [0.1, 0.15) is 66.9 Å². The largest absolute Gasteiger partial charge is 0.494 e. The van der Waals surface area contributed by atoms with Gasteiger partial charge in [0.05, 0.1) is 24.4 Å². The number of amides is 5. The molecular weight excluding hydrogens is 857 g/mol. The molecule has 3 aromatic carbocycles. The molecule has 18 nitrogen and oxygen atoms in total. The Labute approximate surface area is 391 Å². The molecule has 0 aliphatic carbocycles. The number of ether oxygens (including phenoxy) is 3. The van der Waals surface area contributed by atoms with E-state index >= 15 is 0 Å². The van der Waals surface area contributed by atoms with Crippen LogP contribution in [0.3, 0.4) is 0 Å². The van der Waals surface area contributed by atoms with Crippen molar-refractivity contribution in [2.45, 2.75) is 77.0 Å². The maximum absolute atomic E-state index is 14.8. The van der Waals surface area contributed by atoms with E-state index in [0.717, 1.165) is 11.1 Å². The van der Waals surface area contributed by atoms with Crippen LogP contribution in [0.25, 0.3) is 22.4 Å². The van der Waals surface area contributed by atoms with Gasteiger partial charge in [-0.3, -0.25) is 24.0 Å². The minimum atomic E-state index is -1.41. The highest BCUT2D eigenvalue weighted by Gasteiger charge is 2.36. The van der Waals surface area contributed by atoms with Gasteiger partial charge in [-0.25, -0.2) is 4.98 Å². The van der Waals surface area contributed by atoms with E-state index in [1.807, 2.05) is 30.3 Å². The van der Waals surface area contributed by atoms with Crippen molar-refractivity contribution in [3.63, 3.8) is 0 Å². The molecule has 4 atom stereocenters. The molecule has 4 bridgehead atoms. The van der Waals surface area contributed by atoms with Gasteiger partial charge in [-0.1, -0.05) is 57.2 Å². The summed E-state index contributed by atoms with van der Waals surface area (Å²) in [5.41, 5.74) is 22.5. The average Bonchev–Trinajstić information content (AvgIpc) is 3.30. The minimum absolute atomic E-state index is 0.00139. The smallest absolute Gasteiger partial charge is 0.253 e. The number of aryl methyl sites for hydroxylation is 1. The van der Waals surface area contributed by atoms with Crippen LogP contribution in [0.1, 0.15) is 72.9 Å². The second kappa shape index (κ2) is 22.9. The molecule has 0 spiro atoms. The van der Waals surface area contributed by atoms with Crippen molar-refractivity contribution >= 4 is 29.5 Å². The Hall–Kier alpha value is -7.07. The van der Waals surface area contributed by atoms with E-state index in [4.69, 9.17) is 36.4 Å². The van der Waals surface area contributed by atoms with Crippen molar-refractivity contribution in [2.75, 3.05) is 53.6 Å². The number of nitrogens with two attached hydrogens (primary N) is 3. The van der Waals surface area contributed by atoms with Gasteiger partial charge < -0.3 is 57.6 Å².